The van der Waals surface area contributed by atoms with Crippen molar-refractivity contribution in [2.75, 3.05) is 60.3 Å². The third-order valence-corrected chi connectivity index (χ3v) is 8.64. The lowest BCUT2D eigenvalue weighted by molar-refractivity contribution is -0.146. The van der Waals surface area contributed by atoms with Crippen molar-refractivity contribution in [3.8, 4) is 0 Å². The normalized spacial score (nSPS) is 20.9. The van der Waals surface area contributed by atoms with E-state index in [1.54, 1.807) is 0 Å². The van der Waals surface area contributed by atoms with Crippen molar-refractivity contribution in [3.63, 3.8) is 0 Å². The molecule has 0 aromatic heterocycles. The minimum absolute atomic E-state index is 0. The summed E-state index contributed by atoms with van der Waals surface area (Å²) in [6.07, 6.45) is 3.96. The molecule has 4 saturated heterocycles. The molecule has 4 heterocycles. The van der Waals surface area contributed by atoms with Crippen molar-refractivity contribution in [1.29, 1.82) is 0 Å². The number of carbonyl (C=O) groups is 5. The molecule has 4 fully saturated rings. The summed E-state index contributed by atoms with van der Waals surface area (Å²) in [6.45, 7) is 4.88. The predicted octanol–water partition coefficient (Wildman–Crippen LogP) is 3.50. The second-order valence-electron chi connectivity index (χ2n) is 12.5. The Kier molecular flexibility index (Phi) is 22.0. The topological polar surface area (TPSA) is 177 Å². The first-order chi connectivity index (χ1) is 25.8. The van der Waals surface area contributed by atoms with Crippen LogP contribution in [0.5, 0.6) is 0 Å². The highest BCUT2D eigenvalue weighted by molar-refractivity contribution is 5.83. The van der Waals surface area contributed by atoms with E-state index in [2.05, 4.69) is 4.74 Å². The molecule has 295 valence electrons. The highest BCUT2D eigenvalue weighted by Gasteiger charge is 2.43. The number of carbonyl (C=O) groups excluding carboxylic acids is 5. The van der Waals surface area contributed by atoms with Crippen molar-refractivity contribution in [1.82, 2.24) is 9.80 Å². The molecular formula is C38H52BN2O13. The van der Waals surface area contributed by atoms with Crippen molar-refractivity contribution in [2.24, 2.45) is 5.92 Å². The Bertz CT molecular complexity index is 1350. The predicted molar refractivity (Wildman–Crippen MR) is 195 cm³/mol. The molecule has 1 N–H and O–H groups in total. The molecule has 3 radical (unpaired) electrons. The Morgan fingerprint density at radius 3 is 1.50 bits per heavy atom. The highest BCUT2D eigenvalue weighted by Crippen LogP contribution is 2.25. The molecule has 6 rings (SSSR count). The minimum atomic E-state index is -0.807. The van der Waals surface area contributed by atoms with Gasteiger partial charge in [-0.1, -0.05) is 60.7 Å². The average Bonchev–Trinajstić information content (AvgIpc) is 4.05. The number of hydrogen-bond acceptors (Lipinski definition) is 13. The number of hydrogen-bond donors (Lipinski definition) is 1. The van der Waals surface area contributed by atoms with Gasteiger partial charge in [0.1, 0.15) is 31.4 Å². The van der Waals surface area contributed by atoms with E-state index in [0.29, 0.717) is 19.4 Å². The summed E-state index contributed by atoms with van der Waals surface area (Å²) >= 11 is 0. The first-order valence-corrected chi connectivity index (χ1v) is 17.8. The zero-order valence-electron chi connectivity index (χ0n) is 31.1. The Labute approximate surface area is 318 Å². The molecule has 0 saturated carbocycles. The highest BCUT2D eigenvalue weighted by atomic mass is 16.6. The summed E-state index contributed by atoms with van der Waals surface area (Å²) in [5.41, 5.74) is 1.71. The molecule has 2 aromatic rings. The second-order valence-corrected chi connectivity index (χ2v) is 12.5. The Balaban J connectivity index is 0.000000291. The van der Waals surface area contributed by atoms with Crippen LogP contribution in [0, 0.1) is 5.92 Å². The maximum absolute atomic E-state index is 12.2. The van der Waals surface area contributed by atoms with E-state index in [9.17, 15) is 29.1 Å². The number of likely N-dealkylation sites (tertiary alicyclic amines) is 2. The first kappa shape index (κ1) is 45.5. The fraction of sp³-hybridized carbons (Fsp3) is 0.553. The van der Waals surface area contributed by atoms with E-state index in [4.69, 9.17) is 28.4 Å². The third kappa shape index (κ3) is 15.7. The van der Waals surface area contributed by atoms with Gasteiger partial charge in [0, 0.05) is 60.3 Å². The van der Waals surface area contributed by atoms with Crippen LogP contribution in [-0.4, -0.2) is 132 Å². The Hall–Kier alpha value is -4.67. The fourth-order valence-electron chi connectivity index (χ4n) is 5.78. The standard InChI is InChI=1S/C15H17NO6.C15H19NO5.2C4H8O.B/c1-20-14(18)13-7-12(22-10-17)8-16(13)15(19)21-9-11-5-3-2-4-6-11;1-20-14(18)13-7-12(9-17)8-16(13)15(19)21-10-11-5-3-2-4-6-11;2*1-2-4-5-3-1;/h2-6,10,12-13H,7-9H2,1H3;2-6,12-13,17H,7-10H2,1H3;2*1-4H2;/t2*12-,13-;;;/m00.../s1. The van der Waals surface area contributed by atoms with Gasteiger partial charge in [-0.2, -0.15) is 0 Å². The van der Waals surface area contributed by atoms with Crippen LogP contribution in [0.1, 0.15) is 49.7 Å². The van der Waals surface area contributed by atoms with Crippen LogP contribution in [0.3, 0.4) is 0 Å². The van der Waals surface area contributed by atoms with Crippen LogP contribution < -0.4 is 0 Å². The second kappa shape index (κ2) is 26.2. The van der Waals surface area contributed by atoms with Gasteiger partial charge < -0.3 is 38.3 Å². The molecule has 15 nitrogen and oxygen atoms in total. The van der Waals surface area contributed by atoms with E-state index in [0.717, 1.165) is 37.6 Å². The fourth-order valence-corrected chi connectivity index (χ4v) is 5.78. The number of benzene rings is 2. The summed E-state index contributed by atoms with van der Waals surface area (Å²) in [7, 11) is 2.52. The summed E-state index contributed by atoms with van der Waals surface area (Å²) in [4.78, 5) is 60.7. The molecule has 2 amide bonds. The molecule has 54 heavy (non-hydrogen) atoms. The summed E-state index contributed by atoms with van der Waals surface area (Å²) in [5, 5.41) is 9.21. The van der Waals surface area contributed by atoms with Crippen LogP contribution in [0.2, 0.25) is 0 Å². The SMILES string of the molecule is C1CCOC1.C1CCOC1.COC(=O)[C@@H]1C[C@H](CO)CN1C(=O)OCc1ccccc1.COC(=O)[C@@H]1C[C@H](OC=O)CN1C(=O)OCc1ccccc1.[B]. The largest absolute Gasteiger partial charge is 0.467 e. The van der Waals surface area contributed by atoms with Crippen molar-refractivity contribution in [2.45, 2.75) is 69.9 Å². The van der Waals surface area contributed by atoms with Gasteiger partial charge in [0.2, 0.25) is 0 Å². The zero-order valence-corrected chi connectivity index (χ0v) is 31.1. The number of esters is 2. The Morgan fingerprint density at radius 2 is 1.13 bits per heavy atom. The third-order valence-electron chi connectivity index (χ3n) is 8.64. The van der Waals surface area contributed by atoms with E-state index in [1.165, 1.54) is 49.7 Å². The molecule has 0 bridgehead atoms. The van der Waals surface area contributed by atoms with Gasteiger partial charge in [-0.3, -0.25) is 14.6 Å². The van der Waals surface area contributed by atoms with Gasteiger partial charge in [-0.15, -0.1) is 0 Å². The van der Waals surface area contributed by atoms with Crippen LogP contribution in [-0.2, 0) is 60.8 Å². The lowest BCUT2D eigenvalue weighted by Gasteiger charge is -2.22. The van der Waals surface area contributed by atoms with E-state index < -0.39 is 42.3 Å². The lowest BCUT2D eigenvalue weighted by atomic mass is 10.1. The molecule has 2 aromatic carbocycles. The van der Waals surface area contributed by atoms with E-state index in [-0.39, 0.29) is 47.1 Å². The number of methoxy groups -OCH3 is 2. The molecular weight excluding hydrogens is 703 g/mol. The van der Waals surface area contributed by atoms with Crippen LogP contribution in [0.4, 0.5) is 9.59 Å². The van der Waals surface area contributed by atoms with Crippen molar-refractivity contribution < 1.29 is 62.2 Å². The number of aliphatic hydroxyl groups excluding tert-OH is 1. The molecule has 0 aliphatic carbocycles. The van der Waals surface area contributed by atoms with Gasteiger partial charge in [0.15, 0.2) is 0 Å². The number of rotatable bonds is 9. The van der Waals surface area contributed by atoms with Gasteiger partial charge in [-0.25, -0.2) is 19.2 Å². The quantitative estimate of drug-likeness (QED) is 0.171. The van der Waals surface area contributed by atoms with Crippen LogP contribution in [0.25, 0.3) is 0 Å². The number of nitrogens with zero attached hydrogens (tertiary/aromatic N) is 2. The number of ether oxygens (including phenoxy) is 7. The lowest BCUT2D eigenvalue weighted by Crippen LogP contribution is -2.41. The van der Waals surface area contributed by atoms with Crippen molar-refractivity contribution >= 4 is 39.0 Å². The van der Waals surface area contributed by atoms with Gasteiger partial charge >= 0.3 is 24.1 Å². The smallest absolute Gasteiger partial charge is 0.410 e. The average molecular weight is 756 g/mol. The van der Waals surface area contributed by atoms with Gasteiger partial charge in [0.25, 0.3) is 6.47 Å². The van der Waals surface area contributed by atoms with E-state index >= 15 is 0 Å². The minimum Gasteiger partial charge on any atom is -0.467 e. The van der Waals surface area contributed by atoms with Gasteiger partial charge in [-0.05, 0) is 43.2 Å². The van der Waals surface area contributed by atoms with E-state index in [1.807, 2.05) is 60.7 Å². The summed E-state index contributed by atoms with van der Waals surface area (Å²) < 4.78 is 34.5. The van der Waals surface area contributed by atoms with Crippen LogP contribution in [0.15, 0.2) is 60.7 Å². The maximum Gasteiger partial charge on any atom is 0.410 e. The molecule has 0 spiro atoms. The summed E-state index contributed by atoms with van der Waals surface area (Å²) in [5.74, 6) is -1.17. The monoisotopic (exact) mass is 755 g/mol. The number of amides is 2. The molecule has 4 aliphatic rings. The molecule has 0 unspecified atom stereocenters. The van der Waals surface area contributed by atoms with Gasteiger partial charge in [0.05, 0.1) is 20.8 Å². The zero-order chi connectivity index (χ0) is 38.3. The van der Waals surface area contributed by atoms with Crippen molar-refractivity contribution in [3.05, 3.63) is 71.8 Å². The summed E-state index contributed by atoms with van der Waals surface area (Å²) in [6, 6.07) is 17.0. The maximum atomic E-state index is 12.2. The molecule has 4 aliphatic heterocycles. The van der Waals surface area contributed by atoms with Crippen LogP contribution >= 0.6 is 0 Å². The Morgan fingerprint density at radius 1 is 0.704 bits per heavy atom. The molecule has 4 atom stereocenters. The number of aliphatic hydroxyl groups is 1. The first-order valence-electron chi connectivity index (χ1n) is 17.8. The molecule has 16 heteroatoms.